The summed E-state index contributed by atoms with van der Waals surface area (Å²) in [6.45, 7) is 7.82. The van der Waals surface area contributed by atoms with Crippen molar-refractivity contribution >= 4 is 7.82 Å². The van der Waals surface area contributed by atoms with Gasteiger partial charge in [0.25, 0.3) is 0 Å². The number of phosphoric ester groups is 1. The van der Waals surface area contributed by atoms with Gasteiger partial charge in [0.15, 0.2) is 0 Å². The van der Waals surface area contributed by atoms with E-state index in [4.69, 9.17) is 13.6 Å². The molecule has 3 atom stereocenters. The van der Waals surface area contributed by atoms with E-state index < -0.39 is 7.82 Å². The lowest BCUT2D eigenvalue weighted by molar-refractivity contribution is -0.0767. The first-order chi connectivity index (χ1) is 8.33. The highest BCUT2D eigenvalue weighted by Gasteiger charge is 2.48. The zero-order valence-electron chi connectivity index (χ0n) is 11.1. The normalized spacial score (nSPS) is 35.1. The summed E-state index contributed by atoms with van der Waals surface area (Å²) in [5, 5.41) is 0. The summed E-state index contributed by atoms with van der Waals surface area (Å²) in [5.41, 5.74) is -0.200. The molecule has 18 heavy (non-hydrogen) atoms. The maximum atomic E-state index is 12.4. The minimum absolute atomic E-state index is 0.198. The van der Waals surface area contributed by atoms with E-state index in [0.717, 1.165) is 0 Å². The van der Waals surface area contributed by atoms with Crippen LogP contribution in [0.15, 0.2) is 30.3 Å². The second kappa shape index (κ2) is 4.69. The molecule has 0 spiro atoms. The Labute approximate surface area is 108 Å². The zero-order valence-corrected chi connectivity index (χ0v) is 12.0. The molecule has 1 fully saturated rings. The molecule has 0 aliphatic carbocycles. The lowest BCUT2D eigenvalue weighted by Gasteiger charge is -2.43. The summed E-state index contributed by atoms with van der Waals surface area (Å²) in [5.74, 6) is 0.486. The van der Waals surface area contributed by atoms with Crippen LogP contribution in [0.4, 0.5) is 0 Å². The van der Waals surface area contributed by atoms with Crippen LogP contribution in [0.1, 0.15) is 27.7 Å². The predicted octanol–water partition coefficient (Wildman–Crippen LogP) is 4.02. The van der Waals surface area contributed by atoms with Crippen molar-refractivity contribution in [2.75, 3.05) is 0 Å². The second-order valence-electron chi connectivity index (χ2n) is 5.17. The number of para-hydroxylation sites is 1. The lowest BCUT2D eigenvalue weighted by atomic mass is 9.82. The molecule has 1 saturated heterocycles. The number of hydrogen-bond donors (Lipinski definition) is 0. The molecule has 2 rings (SSSR count). The molecule has 1 heterocycles. The maximum absolute atomic E-state index is 12.4. The number of rotatable bonds is 2. The Morgan fingerprint density at radius 1 is 1.11 bits per heavy atom. The average molecular weight is 270 g/mol. The van der Waals surface area contributed by atoms with Gasteiger partial charge in [0.1, 0.15) is 5.75 Å². The highest BCUT2D eigenvalue weighted by molar-refractivity contribution is 7.49. The van der Waals surface area contributed by atoms with Crippen molar-refractivity contribution in [3.05, 3.63) is 30.3 Å². The summed E-state index contributed by atoms with van der Waals surface area (Å²) in [6, 6.07) is 8.92. The summed E-state index contributed by atoms with van der Waals surface area (Å²) in [6.07, 6.45) is -0.397. The Morgan fingerprint density at radius 3 is 2.11 bits per heavy atom. The summed E-state index contributed by atoms with van der Waals surface area (Å²) < 4.78 is 28.8. The zero-order chi connectivity index (χ0) is 13.4. The third-order valence-corrected chi connectivity index (χ3v) is 5.21. The molecule has 0 amide bonds. The second-order valence-corrected chi connectivity index (χ2v) is 6.67. The van der Waals surface area contributed by atoms with E-state index >= 15 is 0 Å². The van der Waals surface area contributed by atoms with Gasteiger partial charge >= 0.3 is 7.82 Å². The molecule has 0 N–H and O–H groups in total. The van der Waals surface area contributed by atoms with Crippen LogP contribution in [-0.2, 0) is 13.6 Å². The molecule has 0 bridgehead atoms. The smallest absolute Gasteiger partial charge is 0.404 e. The highest BCUT2D eigenvalue weighted by Crippen LogP contribution is 2.59. The summed E-state index contributed by atoms with van der Waals surface area (Å²) in [4.78, 5) is 0. The Balaban J connectivity index is 2.17. The fraction of sp³-hybridized carbons (Fsp3) is 0.538. The molecule has 1 aliphatic rings. The Bertz CT molecular complexity index is 439. The van der Waals surface area contributed by atoms with Gasteiger partial charge in [0.2, 0.25) is 0 Å². The van der Waals surface area contributed by atoms with Crippen molar-refractivity contribution in [1.29, 1.82) is 0 Å². The van der Waals surface area contributed by atoms with Gasteiger partial charge in [-0.15, -0.1) is 0 Å². The van der Waals surface area contributed by atoms with E-state index in [-0.39, 0.29) is 17.6 Å². The molecule has 4 nitrogen and oxygen atoms in total. The van der Waals surface area contributed by atoms with E-state index in [1.807, 2.05) is 45.9 Å². The lowest BCUT2D eigenvalue weighted by Crippen LogP contribution is -2.44. The van der Waals surface area contributed by atoms with Gasteiger partial charge in [-0.25, -0.2) is 4.57 Å². The Morgan fingerprint density at radius 2 is 1.61 bits per heavy atom. The van der Waals surface area contributed by atoms with Crippen LogP contribution in [0.25, 0.3) is 0 Å². The fourth-order valence-corrected chi connectivity index (χ4v) is 3.50. The third kappa shape index (κ3) is 2.61. The van der Waals surface area contributed by atoms with Crippen molar-refractivity contribution in [3.63, 3.8) is 0 Å². The van der Waals surface area contributed by atoms with Crippen molar-refractivity contribution in [2.45, 2.75) is 39.9 Å². The van der Waals surface area contributed by atoms with Crippen molar-refractivity contribution in [1.82, 2.24) is 0 Å². The molecule has 0 saturated carbocycles. The van der Waals surface area contributed by atoms with E-state index in [2.05, 4.69) is 0 Å². The molecule has 0 aromatic heterocycles. The van der Waals surface area contributed by atoms with Gasteiger partial charge in [-0.2, -0.15) is 0 Å². The molecule has 1 aliphatic heterocycles. The predicted molar refractivity (Wildman–Crippen MR) is 69.6 cm³/mol. The van der Waals surface area contributed by atoms with E-state index in [1.54, 1.807) is 12.1 Å². The monoisotopic (exact) mass is 270 g/mol. The van der Waals surface area contributed by atoms with Gasteiger partial charge in [-0.05, 0) is 26.0 Å². The van der Waals surface area contributed by atoms with Crippen LogP contribution in [0.2, 0.25) is 0 Å². The fourth-order valence-electron chi connectivity index (χ4n) is 1.67. The molecule has 1 aromatic carbocycles. The number of hydrogen-bond acceptors (Lipinski definition) is 4. The summed E-state index contributed by atoms with van der Waals surface area (Å²) in [7, 11) is -3.53. The van der Waals surface area contributed by atoms with Crippen molar-refractivity contribution in [2.24, 2.45) is 5.41 Å². The molecule has 100 valence electrons. The van der Waals surface area contributed by atoms with E-state index in [0.29, 0.717) is 5.75 Å². The topological polar surface area (TPSA) is 44.8 Å². The van der Waals surface area contributed by atoms with Gasteiger partial charge in [0.05, 0.1) is 12.2 Å². The largest absolute Gasteiger partial charge is 0.530 e. The first-order valence-corrected chi connectivity index (χ1v) is 7.51. The van der Waals surface area contributed by atoms with Gasteiger partial charge in [0, 0.05) is 5.41 Å². The van der Waals surface area contributed by atoms with Gasteiger partial charge < -0.3 is 4.52 Å². The van der Waals surface area contributed by atoms with Gasteiger partial charge in [-0.3, -0.25) is 9.05 Å². The first kappa shape index (κ1) is 13.6. The molecule has 5 heteroatoms. The molecule has 0 radical (unpaired) electrons. The quantitative estimate of drug-likeness (QED) is 0.761. The molecule has 1 aromatic rings. The van der Waals surface area contributed by atoms with Crippen LogP contribution in [0.5, 0.6) is 5.75 Å². The van der Waals surface area contributed by atoms with Crippen LogP contribution < -0.4 is 4.52 Å². The SMILES string of the molecule is C[C@@H]1OP(=O)(Oc2ccccc2)O[C@H](C)C1(C)C. The first-order valence-electron chi connectivity index (χ1n) is 6.05. The summed E-state index contributed by atoms with van der Waals surface area (Å²) >= 11 is 0. The Hall–Kier alpha value is -0.830. The van der Waals surface area contributed by atoms with Crippen LogP contribution >= 0.6 is 7.82 Å². The Kier molecular flexibility index (Phi) is 3.54. The van der Waals surface area contributed by atoms with Gasteiger partial charge in [-0.1, -0.05) is 32.0 Å². The van der Waals surface area contributed by atoms with Crippen molar-refractivity contribution < 1.29 is 18.1 Å². The third-order valence-electron chi connectivity index (χ3n) is 3.63. The van der Waals surface area contributed by atoms with Crippen LogP contribution in [0, 0.1) is 5.41 Å². The minimum Gasteiger partial charge on any atom is -0.404 e. The molecule has 1 unspecified atom stereocenters. The maximum Gasteiger partial charge on any atom is 0.530 e. The molecular formula is C13H19O4P. The molecular weight excluding hydrogens is 251 g/mol. The van der Waals surface area contributed by atoms with E-state index in [1.165, 1.54) is 0 Å². The number of benzene rings is 1. The van der Waals surface area contributed by atoms with Crippen LogP contribution in [0.3, 0.4) is 0 Å². The van der Waals surface area contributed by atoms with Crippen molar-refractivity contribution in [3.8, 4) is 5.75 Å². The number of phosphoric acid groups is 1. The van der Waals surface area contributed by atoms with E-state index in [9.17, 15) is 4.57 Å². The highest BCUT2D eigenvalue weighted by atomic mass is 31.2. The minimum atomic E-state index is -3.53. The van der Waals surface area contributed by atoms with Crippen LogP contribution in [-0.4, -0.2) is 12.2 Å². The average Bonchev–Trinajstić information content (AvgIpc) is 2.27. The standard InChI is InChI=1S/C13H19O4P/c1-10-13(3,4)11(2)16-18(14,15-10)17-12-8-6-5-7-9-12/h5-11H,1-4H3/t10-,11+,18?.